The van der Waals surface area contributed by atoms with Gasteiger partial charge in [0, 0.05) is 11.8 Å². The number of hydrogen-bond acceptors (Lipinski definition) is 9. The highest BCUT2D eigenvalue weighted by Crippen LogP contribution is 2.44. The van der Waals surface area contributed by atoms with Crippen molar-refractivity contribution in [1.29, 1.82) is 0 Å². The third kappa shape index (κ3) is 10.0. The lowest BCUT2D eigenvalue weighted by molar-refractivity contribution is -0.156. The summed E-state index contributed by atoms with van der Waals surface area (Å²) in [6, 6.07) is 22.2. The molecule has 1 heterocycles. The summed E-state index contributed by atoms with van der Waals surface area (Å²) in [5.74, 6) is 0.113. The van der Waals surface area contributed by atoms with Crippen molar-refractivity contribution >= 4 is 18.0 Å². The number of alkyl carbamates (subject to hydrolysis) is 1. The number of hydrogen-bond donors (Lipinski definition) is 4. The molecule has 0 saturated carbocycles. The Morgan fingerprint density at radius 1 is 0.898 bits per heavy atom. The highest BCUT2D eigenvalue weighted by molar-refractivity contribution is 5.79. The fourth-order valence-corrected chi connectivity index (χ4v) is 6.40. The number of likely N-dealkylation sites (tertiary alicyclic amines) is 1. The summed E-state index contributed by atoms with van der Waals surface area (Å²) < 4.78 is 16.8. The van der Waals surface area contributed by atoms with Crippen LogP contribution in [0.5, 0.6) is 5.75 Å². The first kappa shape index (κ1) is 35.8. The molecule has 3 aromatic carbocycles. The predicted molar refractivity (Wildman–Crippen MR) is 184 cm³/mol. The number of esters is 1. The van der Waals surface area contributed by atoms with Gasteiger partial charge in [0.2, 0.25) is 5.91 Å². The molecule has 0 spiro atoms. The number of ether oxygens (including phenoxy) is 3. The van der Waals surface area contributed by atoms with E-state index in [-0.39, 0.29) is 49.9 Å². The number of nitrogens with one attached hydrogen (secondary N) is 2. The van der Waals surface area contributed by atoms with Crippen molar-refractivity contribution in [3.05, 3.63) is 89.5 Å². The van der Waals surface area contributed by atoms with E-state index in [4.69, 9.17) is 14.2 Å². The summed E-state index contributed by atoms with van der Waals surface area (Å²) in [5.41, 5.74) is 4.68. The van der Waals surface area contributed by atoms with Crippen LogP contribution in [0.1, 0.15) is 56.2 Å². The molecule has 0 radical (unpaired) electrons. The van der Waals surface area contributed by atoms with Gasteiger partial charge >= 0.3 is 12.1 Å². The van der Waals surface area contributed by atoms with Crippen molar-refractivity contribution in [3.63, 3.8) is 0 Å². The maximum atomic E-state index is 12.7. The van der Waals surface area contributed by atoms with Crippen LogP contribution in [-0.2, 0) is 25.5 Å². The molecule has 1 saturated heterocycles. The monoisotopic (exact) mass is 673 g/mol. The van der Waals surface area contributed by atoms with Gasteiger partial charge in [-0.1, -0.05) is 60.7 Å². The van der Waals surface area contributed by atoms with Crippen molar-refractivity contribution in [1.82, 2.24) is 15.5 Å². The summed E-state index contributed by atoms with van der Waals surface area (Å²) >= 11 is 0. The first-order chi connectivity index (χ1) is 23.5. The van der Waals surface area contributed by atoms with Crippen LogP contribution in [0.2, 0.25) is 0 Å². The second kappa shape index (κ2) is 16.3. The lowest BCUT2D eigenvalue weighted by Crippen LogP contribution is -2.45. The molecule has 1 aliphatic heterocycles. The first-order valence-electron chi connectivity index (χ1n) is 16.9. The highest BCUT2D eigenvalue weighted by Gasteiger charge is 2.30. The SMILES string of the molecule is CC(C)(C)OC(=O)CN1CCC(C(=O)NCCOc2ccc(C[C@H](NC(=O)OCC3c4ccccc4-c4ccccc43)C(O)O)cc2)CC1. The highest BCUT2D eigenvalue weighted by atomic mass is 16.6. The molecule has 262 valence electrons. The zero-order valence-electron chi connectivity index (χ0n) is 28.4. The fraction of sp³-hybridized carbons (Fsp3) is 0.447. The minimum Gasteiger partial charge on any atom is -0.492 e. The Morgan fingerprint density at radius 3 is 2.10 bits per heavy atom. The minimum atomic E-state index is -1.79. The van der Waals surface area contributed by atoms with Gasteiger partial charge in [-0.3, -0.25) is 14.5 Å². The zero-order valence-corrected chi connectivity index (χ0v) is 28.4. The lowest BCUT2D eigenvalue weighted by atomic mass is 9.96. The maximum Gasteiger partial charge on any atom is 0.407 e. The van der Waals surface area contributed by atoms with Crippen molar-refractivity contribution in [2.24, 2.45) is 5.92 Å². The van der Waals surface area contributed by atoms with Gasteiger partial charge in [0.15, 0.2) is 6.29 Å². The standard InChI is InChI=1S/C38H47N3O8/c1-38(2,3)49-34(42)23-41-19-16-26(17-20-41)35(43)39-18-21-47-27-14-12-25(13-15-27)22-33(36(44)45)40-37(46)48-24-32-30-10-6-4-8-28(30)29-9-5-7-11-31(29)32/h4-15,26,32-33,36,44-45H,16-24H2,1-3H3,(H,39,43)(H,40,46)/t33-/m0/s1. The normalized spacial score (nSPS) is 15.6. The average molecular weight is 674 g/mol. The molecule has 49 heavy (non-hydrogen) atoms. The number of aliphatic hydroxyl groups excluding tert-OH is 1. The molecule has 0 bridgehead atoms. The molecule has 3 aromatic rings. The Balaban J connectivity index is 1.01. The molecule has 5 rings (SSSR count). The van der Waals surface area contributed by atoms with Gasteiger partial charge in [0.05, 0.1) is 19.1 Å². The van der Waals surface area contributed by atoms with Gasteiger partial charge in [0.25, 0.3) is 0 Å². The number of nitrogens with zero attached hydrogens (tertiary/aromatic N) is 1. The van der Waals surface area contributed by atoms with Crippen LogP contribution in [0.3, 0.4) is 0 Å². The van der Waals surface area contributed by atoms with Gasteiger partial charge in [-0.25, -0.2) is 4.79 Å². The van der Waals surface area contributed by atoms with Crippen LogP contribution in [0.4, 0.5) is 4.79 Å². The molecule has 11 heteroatoms. The number of rotatable bonds is 13. The molecule has 1 aliphatic carbocycles. The number of carbonyl (C=O) groups excluding carboxylic acids is 3. The molecule has 2 aliphatic rings. The van der Waals surface area contributed by atoms with E-state index in [1.54, 1.807) is 24.3 Å². The van der Waals surface area contributed by atoms with Crippen LogP contribution in [0.25, 0.3) is 11.1 Å². The molecule has 2 amide bonds. The Labute approximate surface area is 287 Å². The van der Waals surface area contributed by atoms with Gasteiger partial charge < -0.3 is 35.1 Å². The Hall–Kier alpha value is -4.45. The molecular formula is C38H47N3O8. The fourth-order valence-electron chi connectivity index (χ4n) is 6.40. The number of fused-ring (bicyclic) bond motifs is 3. The number of amides is 2. The van der Waals surface area contributed by atoms with Gasteiger partial charge in [-0.05, 0) is 93.1 Å². The Bertz CT molecular complexity index is 1530. The smallest absolute Gasteiger partial charge is 0.407 e. The van der Waals surface area contributed by atoms with E-state index in [0.717, 1.165) is 27.8 Å². The quantitative estimate of drug-likeness (QED) is 0.120. The minimum absolute atomic E-state index is 0.0200. The van der Waals surface area contributed by atoms with Gasteiger partial charge in [-0.15, -0.1) is 0 Å². The van der Waals surface area contributed by atoms with Crippen molar-refractivity contribution in [2.45, 2.75) is 63.9 Å². The molecule has 1 atom stereocenters. The first-order valence-corrected chi connectivity index (χ1v) is 16.9. The van der Waals surface area contributed by atoms with Crippen LogP contribution < -0.4 is 15.4 Å². The average Bonchev–Trinajstić information content (AvgIpc) is 3.39. The number of carbonyl (C=O) groups is 3. The van der Waals surface area contributed by atoms with E-state index in [9.17, 15) is 24.6 Å². The van der Waals surface area contributed by atoms with Crippen LogP contribution >= 0.6 is 0 Å². The molecule has 0 unspecified atom stereocenters. The predicted octanol–water partition coefficient (Wildman–Crippen LogP) is 4.00. The van der Waals surface area contributed by atoms with Crippen LogP contribution in [0.15, 0.2) is 72.8 Å². The molecule has 0 aromatic heterocycles. The molecule has 11 nitrogen and oxygen atoms in total. The number of aliphatic hydroxyl groups is 2. The van der Waals surface area contributed by atoms with Crippen molar-refractivity contribution < 1.29 is 38.8 Å². The Morgan fingerprint density at radius 2 is 1.51 bits per heavy atom. The van der Waals surface area contributed by atoms with E-state index >= 15 is 0 Å². The Kier molecular flexibility index (Phi) is 11.9. The van der Waals surface area contributed by atoms with Crippen molar-refractivity contribution in [2.75, 3.05) is 39.4 Å². The van der Waals surface area contributed by atoms with E-state index in [1.807, 2.05) is 62.1 Å². The van der Waals surface area contributed by atoms with Crippen LogP contribution in [0, 0.1) is 5.92 Å². The second-order valence-electron chi connectivity index (χ2n) is 13.6. The number of benzene rings is 3. The van der Waals surface area contributed by atoms with Gasteiger partial charge in [-0.2, -0.15) is 0 Å². The summed E-state index contributed by atoms with van der Waals surface area (Å²) in [7, 11) is 0. The van der Waals surface area contributed by atoms with E-state index in [0.29, 0.717) is 38.2 Å². The van der Waals surface area contributed by atoms with E-state index in [1.165, 1.54) is 0 Å². The van der Waals surface area contributed by atoms with Crippen molar-refractivity contribution in [3.8, 4) is 16.9 Å². The third-order valence-electron chi connectivity index (χ3n) is 8.79. The summed E-state index contributed by atoms with van der Waals surface area (Å²) in [6.45, 7) is 7.84. The summed E-state index contributed by atoms with van der Waals surface area (Å²) in [5, 5.41) is 25.5. The van der Waals surface area contributed by atoms with Gasteiger partial charge in [0.1, 0.15) is 24.6 Å². The third-order valence-corrected chi connectivity index (χ3v) is 8.79. The maximum absolute atomic E-state index is 12.7. The topological polar surface area (TPSA) is 147 Å². The molecule has 4 N–H and O–H groups in total. The largest absolute Gasteiger partial charge is 0.492 e. The lowest BCUT2D eigenvalue weighted by Gasteiger charge is -2.31. The summed E-state index contributed by atoms with van der Waals surface area (Å²) in [6.07, 6.45) is -1.01. The summed E-state index contributed by atoms with van der Waals surface area (Å²) in [4.78, 5) is 39.5. The zero-order chi connectivity index (χ0) is 35.0. The number of piperidine rings is 1. The second-order valence-corrected chi connectivity index (χ2v) is 13.6. The van der Waals surface area contributed by atoms with E-state index < -0.39 is 24.0 Å². The molecular weight excluding hydrogens is 626 g/mol. The van der Waals surface area contributed by atoms with Crippen LogP contribution in [-0.4, -0.2) is 90.4 Å². The molecule has 1 fully saturated rings. The van der Waals surface area contributed by atoms with E-state index in [2.05, 4.69) is 22.8 Å².